The van der Waals surface area contributed by atoms with Crippen molar-refractivity contribution in [1.29, 1.82) is 0 Å². The molecule has 1 saturated carbocycles. The van der Waals surface area contributed by atoms with Crippen molar-refractivity contribution < 1.29 is 9.59 Å². The van der Waals surface area contributed by atoms with Crippen molar-refractivity contribution in [3.8, 4) is 0 Å². The number of nitrogens with one attached hydrogen (secondary N) is 2. The minimum atomic E-state index is -0.299. The van der Waals surface area contributed by atoms with Gasteiger partial charge in [0, 0.05) is 6.54 Å². The van der Waals surface area contributed by atoms with E-state index >= 15 is 0 Å². The van der Waals surface area contributed by atoms with Gasteiger partial charge in [-0.25, -0.2) is 0 Å². The lowest BCUT2D eigenvalue weighted by Gasteiger charge is -2.26. The van der Waals surface area contributed by atoms with Crippen LogP contribution in [0.3, 0.4) is 0 Å². The maximum atomic E-state index is 11.4. The maximum Gasteiger partial charge on any atom is 0.239 e. The van der Waals surface area contributed by atoms with E-state index in [1.165, 1.54) is 25.7 Å². The fourth-order valence-electron chi connectivity index (χ4n) is 2.10. The van der Waals surface area contributed by atoms with Gasteiger partial charge >= 0.3 is 0 Å². The quantitative estimate of drug-likeness (QED) is 0.681. The first kappa shape index (κ1) is 17.2. The molecule has 0 unspecified atom stereocenters. The summed E-state index contributed by atoms with van der Waals surface area (Å²) < 4.78 is 0. The van der Waals surface area contributed by atoms with Gasteiger partial charge in [0.2, 0.25) is 11.8 Å². The summed E-state index contributed by atoms with van der Waals surface area (Å²) in [5.41, 5.74) is 5.12. The number of rotatable bonds is 5. The first-order valence-corrected chi connectivity index (χ1v) is 6.35. The van der Waals surface area contributed by atoms with E-state index in [1.54, 1.807) is 0 Å². The standard InChI is InChI=1S/C12H23N3O2.ClH/c1-9-2-4-10(5-3-9)7-14-12(17)8-15-11(16)6-13;/h9-10H,2-8,13H2,1H3,(H,14,17)(H,15,16);1H. The van der Waals surface area contributed by atoms with Crippen molar-refractivity contribution >= 4 is 24.2 Å². The lowest BCUT2D eigenvalue weighted by Crippen LogP contribution is -2.41. The third-order valence-corrected chi connectivity index (χ3v) is 3.35. The molecule has 0 aromatic carbocycles. The number of amides is 2. The second kappa shape index (κ2) is 9.16. The smallest absolute Gasteiger partial charge is 0.239 e. The molecule has 0 radical (unpaired) electrons. The van der Waals surface area contributed by atoms with Crippen LogP contribution in [0.5, 0.6) is 0 Å². The monoisotopic (exact) mass is 277 g/mol. The second-order valence-corrected chi connectivity index (χ2v) is 4.91. The molecule has 0 spiro atoms. The van der Waals surface area contributed by atoms with E-state index in [0.29, 0.717) is 5.92 Å². The molecule has 18 heavy (non-hydrogen) atoms. The van der Waals surface area contributed by atoms with E-state index < -0.39 is 0 Å². The molecule has 0 bridgehead atoms. The Balaban J connectivity index is 0.00000289. The van der Waals surface area contributed by atoms with Gasteiger partial charge in [0.1, 0.15) is 0 Å². The highest BCUT2D eigenvalue weighted by Crippen LogP contribution is 2.27. The fraction of sp³-hybridized carbons (Fsp3) is 0.833. The molecule has 106 valence electrons. The van der Waals surface area contributed by atoms with Crippen molar-refractivity contribution in [3.05, 3.63) is 0 Å². The van der Waals surface area contributed by atoms with E-state index in [-0.39, 0.29) is 37.3 Å². The van der Waals surface area contributed by atoms with Crippen LogP contribution in [0.1, 0.15) is 32.6 Å². The number of halogens is 1. The normalized spacial score (nSPS) is 22.8. The molecule has 6 heteroatoms. The van der Waals surface area contributed by atoms with Crippen molar-refractivity contribution in [2.24, 2.45) is 17.6 Å². The number of carbonyl (C=O) groups is 2. The molecular formula is C12H24ClN3O2. The van der Waals surface area contributed by atoms with E-state index in [2.05, 4.69) is 17.6 Å². The van der Waals surface area contributed by atoms with Crippen LogP contribution in [0.15, 0.2) is 0 Å². The van der Waals surface area contributed by atoms with E-state index in [0.717, 1.165) is 12.5 Å². The van der Waals surface area contributed by atoms with Gasteiger partial charge in [-0.15, -0.1) is 12.4 Å². The molecule has 0 heterocycles. The van der Waals surface area contributed by atoms with Gasteiger partial charge in [0.25, 0.3) is 0 Å². The minimum absolute atomic E-state index is 0. The SMILES string of the molecule is CC1CCC(CNC(=O)CNC(=O)CN)CC1.Cl. The van der Waals surface area contributed by atoms with Gasteiger partial charge in [0.15, 0.2) is 0 Å². The molecule has 0 atom stereocenters. The van der Waals surface area contributed by atoms with E-state index in [4.69, 9.17) is 5.73 Å². The third kappa shape index (κ3) is 6.81. The highest BCUT2D eigenvalue weighted by atomic mass is 35.5. The lowest BCUT2D eigenvalue weighted by molar-refractivity contribution is -0.125. The first-order valence-electron chi connectivity index (χ1n) is 6.35. The summed E-state index contributed by atoms with van der Waals surface area (Å²) in [5, 5.41) is 5.30. The van der Waals surface area contributed by atoms with Gasteiger partial charge in [-0.1, -0.05) is 19.8 Å². The van der Waals surface area contributed by atoms with Crippen LogP contribution in [-0.4, -0.2) is 31.4 Å². The molecule has 4 N–H and O–H groups in total. The zero-order valence-corrected chi connectivity index (χ0v) is 11.7. The van der Waals surface area contributed by atoms with Gasteiger partial charge in [-0.2, -0.15) is 0 Å². The number of hydrogen-bond acceptors (Lipinski definition) is 3. The molecule has 0 aromatic rings. The van der Waals surface area contributed by atoms with Crippen molar-refractivity contribution in [1.82, 2.24) is 10.6 Å². The van der Waals surface area contributed by atoms with Gasteiger partial charge in [0.05, 0.1) is 13.1 Å². The summed E-state index contributed by atoms with van der Waals surface area (Å²) in [7, 11) is 0. The molecular weight excluding hydrogens is 254 g/mol. The van der Waals surface area contributed by atoms with Crippen molar-refractivity contribution in [2.45, 2.75) is 32.6 Å². The lowest BCUT2D eigenvalue weighted by atomic mass is 9.83. The second-order valence-electron chi connectivity index (χ2n) is 4.91. The molecule has 0 aliphatic heterocycles. The van der Waals surface area contributed by atoms with Crippen LogP contribution < -0.4 is 16.4 Å². The molecule has 1 aliphatic carbocycles. The Hall–Kier alpha value is -0.810. The Morgan fingerprint density at radius 1 is 1.11 bits per heavy atom. The summed E-state index contributed by atoms with van der Waals surface area (Å²) in [6.07, 6.45) is 4.89. The van der Waals surface area contributed by atoms with E-state index in [9.17, 15) is 9.59 Å². The maximum absolute atomic E-state index is 11.4. The molecule has 0 saturated heterocycles. The summed E-state index contributed by atoms with van der Waals surface area (Å²) >= 11 is 0. The van der Waals surface area contributed by atoms with Crippen LogP contribution in [0.25, 0.3) is 0 Å². The first-order chi connectivity index (χ1) is 8.11. The van der Waals surface area contributed by atoms with Crippen LogP contribution in [0.2, 0.25) is 0 Å². The molecule has 1 rings (SSSR count). The van der Waals surface area contributed by atoms with Gasteiger partial charge < -0.3 is 16.4 Å². The zero-order valence-electron chi connectivity index (χ0n) is 10.9. The molecule has 1 aliphatic rings. The largest absolute Gasteiger partial charge is 0.354 e. The van der Waals surface area contributed by atoms with Crippen LogP contribution in [0.4, 0.5) is 0 Å². The Bertz CT molecular complexity index is 266. The van der Waals surface area contributed by atoms with Crippen LogP contribution >= 0.6 is 12.4 Å². The highest BCUT2D eigenvalue weighted by molar-refractivity contribution is 5.85. The predicted molar refractivity (Wildman–Crippen MR) is 73.4 cm³/mol. The molecule has 0 aromatic heterocycles. The molecule has 2 amide bonds. The average molecular weight is 278 g/mol. The van der Waals surface area contributed by atoms with Gasteiger partial charge in [-0.05, 0) is 24.7 Å². The number of nitrogens with two attached hydrogens (primary N) is 1. The Morgan fingerprint density at radius 3 is 2.28 bits per heavy atom. The highest BCUT2D eigenvalue weighted by Gasteiger charge is 2.18. The predicted octanol–water partition coefficient (Wildman–Crippen LogP) is 0.426. The Morgan fingerprint density at radius 2 is 1.72 bits per heavy atom. The van der Waals surface area contributed by atoms with Crippen LogP contribution in [-0.2, 0) is 9.59 Å². The molecule has 5 nitrogen and oxygen atoms in total. The van der Waals surface area contributed by atoms with E-state index in [1.807, 2.05) is 0 Å². The Labute approximate surface area is 115 Å². The summed E-state index contributed by atoms with van der Waals surface area (Å²) in [6, 6.07) is 0. The zero-order chi connectivity index (χ0) is 12.7. The van der Waals surface area contributed by atoms with Crippen molar-refractivity contribution in [3.63, 3.8) is 0 Å². The summed E-state index contributed by atoms with van der Waals surface area (Å²) in [6.45, 7) is 2.95. The fourth-order valence-corrected chi connectivity index (χ4v) is 2.10. The topological polar surface area (TPSA) is 84.2 Å². The minimum Gasteiger partial charge on any atom is -0.354 e. The Kier molecular flexibility index (Phi) is 8.75. The van der Waals surface area contributed by atoms with Gasteiger partial charge in [-0.3, -0.25) is 9.59 Å². The average Bonchev–Trinajstić information content (AvgIpc) is 2.35. The van der Waals surface area contributed by atoms with Crippen molar-refractivity contribution in [2.75, 3.05) is 19.6 Å². The summed E-state index contributed by atoms with van der Waals surface area (Å²) in [5.74, 6) is 0.989. The third-order valence-electron chi connectivity index (χ3n) is 3.35. The number of carbonyl (C=O) groups excluding carboxylic acids is 2. The molecule has 1 fully saturated rings. The number of hydrogen-bond donors (Lipinski definition) is 3. The summed E-state index contributed by atoms with van der Waals surface area (Å²) in [4.78, 5) is 22.2. The van der Waals surface area contributed by atoms with Crippen LogP contribution in [0, 0.1) is 11.8 Å².